The number of fused-ring (bicyclic) bond motifs is 3. The predicted octanol–water partition coefficient (Wildman–Crippen LogP) is 4.09. The molecular weight excluding hydrogens is 432 g/mol. The fourth-order valence-electron chi connectivity index (χ4n) is 4.76. The zero-order valence-corrected chi connectivity index (χ0v) is 19.2. The molecule has 0 bridgehead atoms. The molecule has 2 aromatic rings. The maximum atomic E-state index is 12.3. The molecule has 0 aliphatic heterocycles. The number of nitrogens with one attached hydrogen (secondary N) is 2. The average Bonchev–Trinajstić information content (AvgIpc) is 3.15. The van der Waals surface area contributed by atoms with E-state index in [1.54, 1.807) is 6.08 Å². The molecule has 0 spiro atoms. The molecule has 4 rings (SSSR count). The number of benzene rings is 2. The lowest BCUT2D eigenvalue weighted by Crippen LogP contribution is -2.39. The zero-order valence-electron chi connectivity index (χ0n) is 19.2. The SMILES string of the molecule is CC(CNC(=O)OCC1c2ccccc2-c2ccccc21)CC(=O)NC1C=CCC(C(=O)O)C1. The second-order valence-corrected chi connectivity index (χ2v) is 9.12. The van der Waals surface area contributed by atoms with Gasteiger partial charge in [0, 0.05) is 24.9 Å². The van der Waals surface area contributed by atoms with E-state index in [1.165, 1.54) is 11.1 Å². The number of amides is 2. The van der Waals surface area contributed by atoms with Crippen molar-refractivity contribution in [3.63, 3.8) is 0 Å². The summed E-state index contributed by atoms with van der Waals surface area (Å²) in [6.45, 7) is 2.43. The molecule has 7 heteroatoms. The summed E-state index contributed by atoms with van der Waals surface area (Å²) in [4.78, 5) is 35.8. The van der Waals surface area contributed by atoms with Crippen LogP contribution in [-0.4, -0.2) is 42.3 Å². The van der Waals surface area contributed by atoms with Crippen LogP contribution in [0.2, 0.25) is 0 Å². The number of rotatable bonds is 8. The van der Waals surface area contributed by atoms with Gasteiger partial charge in [0.1, 0.15) is 6.61 Å². The van der Waals surface area contributed by atoms with Gasteiger partial charge >= 0.3 is 12.1 Å². The van der Waals surface area contributed by atoms with Gasteiger partial charge in [-0.2, -0.15) is 0 Å². The minimum atomic E-state index is -0.843. The van der Waals surface area contributed by atoms with Crippen LogP contribution in [0.3, 0.4) is 0 Å². The number of aliphatic carboxylic acids is 1. The van der Waals surface area contributed by atoms with Gasteiger partial charge in [0.05, 0.1) is 5.92 Å². The fraction of sp³-hybridized carbons (Fsp3) is 0.370. The lowest BCUT2D eigenvalue weighted by molar-refractivity contribution is -0.142. The van der Waals surface area contributed by atoms with Crippen molar-refractivity contribution >= 4 is 18.0 Å². The maximum Gasteiger partial charge on any atom is 0.407 e. The van der Waals surface area contributed by atoms with E-state index in [9.17, 15) is 14.4 Å². The first kappa shape index (κ1) is 23.5. The third-order valence-corrected chi connectivity index (χ3v) is 6.50. The minimum absolute atomic E-state index is 0.000437. The summed E-state index contributed by atoms with van der Waals surface area (Å²) in [5.74, 6) is -1.57. The molecular formula is C27H30N2O5. The van der Waals surface area contributed by atoms with Gasteiger partial charge < -0.3 is 20.5 Å². The quantitative estimate of drug-likeness (QED) is 0.513. The number of hydrogen-bond acceptors (Lipinski definition) is 4. The molecule has 178 valence electrons. The predicted molar refractivity (Wildman–Crippen MR) is 128 cm³/mol. The van der Waals surface area contributed by atoms with E-state index in [0.29, 0.717) is 19.4 Å². The highest BCUT2D eigenvalue weighted by Crippen LogP contribution is 2.44. The van der Waals surface area contributed by atoms with E-state index in [4.69, 9.17) is 9.84 Å². The number of hydrogen-bond donors (Lipinski definition) is 3. The first-order valence-electron chi connectivity index (χ1n) is 11.7. The molecule has 0 saturated heterocycles. The zero-order chi connectivity index (χ0) is 24.1. The highest BCUT2D eigenvalue weighted by atomic mass is 16.5. The van der Waals surface area contributed by atoms with Crippen molar-refractivity contribution in [2.45, 2.75) is 38.1 Å². The highest BCUT2D eigenvalue weighted by Gasteiger charge is 2.29. The van der Waals surface area contributed by atoms with Crippen molar-refractivity contribution < 1.29 is 24.2 Å². The Labute approximate surface area is 199 Å². The lowest BCUT2D eigenvalue weighted by atomic mass is 9.91. The van der Waals surface area contributed by atoms with Gasteiger partial charge in [-0.25, -0.2) is 4.79 Å². The summed E-state index contributed by atoms with van der Waals surface area (Å²) in [5.41, 5.74) is 4.66. The molecule has 0 aromatic heterocycles. The number of carbonyl (C=O) groups is 3. The average molecular weight is 463 g/mol. The largest absolute Gasteiger partial charge is 0.481 e. The molecule has 7 nitrogen and oxygen atoms in total. The minimum Gasteiger partial charge on any atom is -0.481 e. The van der Waals surface area contributed by atoms with Gasteiger partial charge in [0.25, 0.3) is 0 Å². The number of carbonyl (C=O) groups excluding carboxylic acids is 2. The molecule has 2 aliphatic carbocycles. The van der Waals surface area contributed by atoms with Gasteiger partial charge in [-0.1, -0.05) is 67.6 Å². The first-order chi connectivity index (χ1) is 16.4. The van der Waals surface area contributed by atoms with Gasteiger partial charge in [-0.3, -0.25) is 9.59 Å². The molecule has 2 aliphatic rings. The Morgan fingerprint density at radius 2 is 1.71 bits per heavy atom. The number of allylic oxidation sites excluding steroid dienone is 1. The van der Waals surface area contributed by atoms with E-state index in [2.05, 4.69) is 34.9 Å². The van der Waals surface area contributed by atoms with E-state index < -0.39 is 18.0 Å². The third kappa shape index (κ3) is 5.47. The van der Waals surface area contributed by atoms with Crippen molar-refractivity contribution in [2.24, 2.45) is 11.8 Å². The Morgan fingerprint density at radius 3 is 2.35 bits per heavy atom. The monoisotopic (exact) mass is 462 g/mol. The van der Waals surface area contributed by atoms with Crippen LogP contribution in [0.4, 0.5) is 4.79 Å². The summed E-state index contributed by atoms with van der Waals surface area (Å²) in [7, 11) is 0. The summed E-state index contributed by atoms with van der Waals surface area (Å²) in [6.07, 6.45) is 4.25. The van der Waals surface area contributed by atoms with Crippen LogP contribution >= 0.6 is 0 Å². The van der Waals surface area contributed by atoms with E-state index in [-0.39, 0.29) is 36.8 Å². The van der Waals surface area contributed by atoms with Crippen LogP contribution in [0.15, 0.2) is 60.7 Å². The Hall–Kier alpha value is -3.61. The molecule has 3 N–H and O–H groups in total. The lowest BCUT2D eigenvalue weighted by Gasteiger charge is -2.23. The number of carboxylic acids is 1. The molecule has 0 radical (unpaired) electrons. The van der Waals surface area contributed by atoms with Crippen molar-refractivity contribution in [2.75, 3.05) is 13.2 Å². The second kappa shape index (κ2) is 10.5. The van der Waals surface area contributed by atoms with Gasteiger partial charge in [-0.15, -0.1) is 0 Å². The maximum absolute atomic E-state index is 12.3. The molecule has 0 saturated carbocycles. The Kier molecular flexibility index (Phi) is 7.30. The van der Waals surface area contributed by atoms with Gasteiger partial charge in [0.2, 0.25) is 5.91 Å². The topological polar surface area (TPSA) is 105 Å². The number of carboxylic acid groups (broad SMARTS) is 1. The third-order valence-electron chi connectivity index (χ3n) is 6.50. The second-order valence-electron chi connectivity index (χ2n) is 9.12. The van der Waals surface area contributed by atoms with E-state index in [0.717, 1.165) is 11.1 Å². The first-order valence-corrected chi connectivity index (χ1v) is 11.7. The molecule has 3 atom stereocenters. The van der Waals surface area contributed by atoms with Crippen LogP contribution in [0.25, 0.3) is 11.1 Å². The summed E-state index contributed by atoms with van der Waals surface area (Å²) >= 11 is 0. The number of ether oxygens (including phenoxy) is 1. The Morgan fingerprint density at radius 1 is 1.06 bits per heavy atom. The Bertz CT molecular complexity index is 1050. The van der Waals surface area contributed by atoms with E-state index in [1.807, 2.05) is 37.3 Å². The summed E-state index contributed by atoms with van der Waals surface area (Å²) in [5, 5.41) is 14.8. The van der Waals surface area contributed by atoms with E-state index >= 15 is 0 Å². The summed E-state index contributed by atoms with van der Waals surface area (Å²) in [6, 6.07) is 16.1. The van der Waals surface area contributed by atoms with Crippen LogP contribution in [0, 0.1) is 11.8 Å². The Balaban J connectivity index is 1.22. The van der Waals surface area contributed by atoms with Crippen molar-refractivity contribution in [1.29, 1.82) is 0 Å². The van der Waals surface area contributed by atoms with Gasteiger partial charge in [0.15, 0.2) is 0 Å². The van der Waals surface area contributed by atoms with Crippen molar-refractivity contribution in [3.8, 4) is 11.1 Å². The normalized spacial score (nSPS) is 19.6. The summed E-state index contributed by atoms with van der Waals surface area (Å²) < 4.78 is 5.54. The fourth-order valence-corrected chi connectivity index (χ4v) is 4.76. The highest BCUT2D eigenvalue weighted by molar-refractivity contribution is 5.79. The molecule has 3 unspecified atom stereocenters. The molecule has 34 heavy (non-hydrogen) atoms. The van der Waals surface area contributed by atoms with Crippen molar-refractivity contribution in [3.05, 3.63) is 71.8 Å². The van der Waals surface area contributed by atoms with Crippen LogP contribution in [0.5, 0.6) is 0 Å². The molecule has 2 amide bonds. The van der Waals surface area contributed by atoms with Gasteiger partial charge in [-0.05, 0) is 41.0 Å². The number of alkyl carbamates (subject to hydrolysis) is 1. The standard InChI is InChI=1S/C27H30N2O5/c1-17(13-25(30)29-19-8-6-7-18(14-19)26(31)32)15-28-27(33)34-16-24-22-11-4-2-9-20(22)21-10-3-5-12-23(21)24/h2-6,8-12,17-19,24H,7,13-16H2,1H3,(H,28,33)(H,29,30)(H,31,32). The molecule has 0 heterocycles. The van der Waals surface area contributed by atoms with Crippen LogP contribution < -0.4 is 10.6 Å². The van der Waals surface area contributed by atoms with Crippen molar-refractivity contribution in [1.82, 2.24) is 10.6 Å². The smallest absolute Gasteiger partial charge is 0.407 e. The van der Waals surface area contributed by atoms with Crippen LogP contribution in [-0.2, 0) is 14.3 Å². The molecule has 0 fully saturated rings. The molecule has 2 aromatic carbocycles. The van der Waals surface area contributed by atoms with Crippen LogP contribution in [0.1, 0.15) is 43.2 Å².